The normalized spacial score (nSPS) is 12.7. The van der Waals surface area contributed by atoms with Crippen molar-refractivity contribution in [3.05, 3.63) is 57.5 Å². The first-order valence-electron chi connectivity index (χ1n) is 6.98. The fourth-order valence-electron chi connectivity index (χ4n) is 2.23. The number of para-hydroxylation sites is 2. The zero-order valence-corrected chi connectivity index (χ0v) is 13.3. The van der Waals surface area contributed by atoms with Crippen molar-refractivity contribution in [1.29, 1.82) is 0 Å². The number of thiophene rings is 1. The molecule has 5 heteroatoms. The molecule has 0 bridgehead atoms. The summed E-state index contributed by atoms with van der Waals surface area (Å²) in [5.41, 5.74) is 2.77. The molecular weight excluding hydrogens is 302 g/mol. The van der Waals surface area contributed by atoms with Gasteiger partial charge >= 0.3 is 0 Å². The Kier molecular flexibility index (Phi) is 4.48. The Bertz CT molecular complexity index is 741. The molecule has 1 unspecified atom stereocenters. The highest BCUT2D eigenvalue weighted by molar-refractivity contribution is 7.16. The van der Waals surface area contributed by atoms with Crippen LogP contribution in [0.5, 0.6) is 0 Å². The Balaban J connectivity index is 2.00. The van der Waals surface area contributed by atoms with Crippen LogP contribution in [0, 0.1) is 0 Å². The monoisotopic (exact) mass is 317 g/mol. The molecule has 1 aromatic carbocycles. The van der Waals surface area contributed by atoms with Crippen LogP contribution in [0.2, 0.25) is 4.34 Å². The zero-order chi connectivity index (χ0) is 14.7. The van der Waals surface area contributed by atoms with E-state index in [4.69, 9.17) is 16.6 Å². The van der Waals surface area contributed by atoms with Gasteiger partial charge in [-0.3, -0.25) is 4.98 Å². The van der Waals surface area contributed by atoms with Crippen LogP contribution in [0.3, 0.4) is 0 Å². The molecule has 21 heavy (non-hydrogen) atoms. The third-order valence-electron chi connectivity index (χ3n) is 3.24. The van der Waals surface area contributed by atoms with Gasteiger partial charge in [0.15, 0.2) is 0 Å². The van der Waals surface area contributed by atoms with E-state index >= 15 is 0 Å². The highest BCUT2D eigenvalue weighted by Crippen LogP contribution is 2.30. The van der Waals surface area contributed by atoms with Gasteiger partial charge < -0.3 is 5.32 Å². The Morgan fingerprint density at radius 3 is 2.71 bits per heavy atom. The van der Waals surface area contributed by atoms with E-state index in [9.17, 15) is 0 Å². The molecule has 0 fully saturated rings. The third kappa shape index (κ3) is 3.23. The first kappa shape index (κ1) is 14.4. The smallest absolute Gasteiger partial charge is 0.0931 e. The molecule has 0 radical (unpaired) electrons. The van der Waals surface area contributed by atoms with Crippen molar-refractivity contribution in [2.75, 3.05) is 6.54 Å². The largest absolute Gasteiger partial charge is 0.304 e. The van der Waals surface area contributed by atoms with E-state index in [2.05, 4.69) is 23.3 Å². The number of aromatic nitrogens is 2. The zero-order valence-electron chi connectivity index (χ0n) is 11.7. The second-order valence-corrected chi connectivity index (χ2v) is 6.56. The van der Waals surface area contributed by atoms with Crippen molar-refractivity contribution in [2.45, 2.75) is 19.4 Å². The molecule has 0 saturated heterocycles. The van der Waals surface area contributed by atoms with Crippen LogP contribution >= 0.6 is 22.9 Å². The number of hydrogen-bond donors (Lipinski definition) is 1. The molecule has 3 rings (SSSR count). The Labute approximate surface area is 133 Å². The first-order chi connectivity index (χ1) is 10.3. The van der Waals surface area contributed by atoms with Gasteiger partial charge in [0.2, 0.25) is 0 Å². The molecule has 1 N–H and O–H groups in total. The highest BCUT2D eigenvalue weighted by atomic mass is 35.5. The molecular formula is C16H16ClN3S. The second kappa shape index (κ2) is 6.52. The van der Waals surface area contributed by atoms with Crippen molar-refractivity contribution < 1.29 is 0 Å². The van der Waals surface area contributed by atoms with E-state index in [0.717, 1.165) is 38.9 Å². The molecule has 0 aliphatic carbocycles. The number of rotatable bonds is 5. The van der Waals surface area contributed by atoms with Gasteiger partial charge in [0.25, 0.3) is 0 Å². The van der Waals surface area contributed by atoms with Gasteiger partial charge in [-0.05, 0) is 37.2 Å². The molecule has 3 aromatic rings. The number of fused-ring (bicyclic) bond motifs is 1. The third-order valence-corrected chi connectivity index (χ3v) is 4.54. The maximum absolute atomic E-state index is 6.08. The lowest BCUT2D eigenvalue weighted by atomic mass is 10.1. The Morgan fingerprint density at radius 1 is 1.19 bits per heavy atom. The van der Waals surface area contributed by atoms with Crippen LogP contribution in [0.4, 0.5) is 0 Å². The van der Waals surface area contributed by atoms with Crippen LogP contribution in [-0.4, -0.2) is 16.5 Å². The minimum Gasteiger partial charge on any atom is -0.304 e. The molecule has 0 aliphatic heterocycles. The molecule has 2 heterocycles. The van der Waals surface area contributed by atoms with Crippen molar-refractivity contribution in [1.82, 2.24) is 15.3 Å². The molecule has 3 nitrogen and oxygen atoms in total. The maximum Gasteiger partial charge on any atom is 0.0931 e. The van der Waals surface area contributed by atoms with Crippen molar-refractivity contribution in [3.63, 3.8) is 0 Å². The quantitative estimate of drug-likeness (QED) is 0.756. The van der Waals surface area contributed by atoms with Gasteiger partial charge in [0.1, 0.15) is 0 Å². The Hall–Kier alpha value is -1.49. The van der Waals surface area contributed by atoms with Gasteiger partial charge in [-0.25, -0.2) is 4.98 Å². The minimum atomic E-state index is 0.0413. The van der Waals surface area contributed by atoms with Crippen LogP contribution < -0.4 is 5.32 Å². The summed E-state index contributed by atoms with van der Waals surface area (Å²) in [6.45, 7) is 3.08. The number of nitrogens with one attached hydrogen (secondary N) is 1. The van der Waals surface area contributed by atoms with Crippen LogP contribution in [0.25, 0.3) is 11.0 Å². The molecule has 0 spiro atoms. The van der Waals surface area contributed by atoms with Gasteiger partial charge in [-0.1, -0.05) is 30.7 Å². The SMILES string of the molecule is CCCNC(c1cnc2ccccc2n1)c1ccc(Cl)s1. The summed E-state index contributed by atoms with van der Waals surface area (Å²) in [6, 6.07) is 11.9. The summed E-state index contributed by atoms with van der Waals surface area (Å²) < 4.78 is 0.794. The minimum absolute atomic E-state index is 0.0413. The predicted octanol–water partition coefficient (Wildman–Crippen LogP) is 4.43. The highest BCUT2D eigenvalue weighted by Gasteiger charge is 2.17. The predicted molar refractivity (Wildman–Crippen MR) is 89.0 cm³/mol. The summed E-state index contributed by atoms with van der Waals surface area (Å²) in [7, 11) is 0. The van der Waals surface area contributed by atoms with E-state index in [-0.39, 0.29) is 6.04 Å². The van der Waals surface area contributed by atoms with E-state index in [1.807, 2.05) is 36.5 Å². The van der Waals surface area contributed by atoms with Crippen molar-refractivity contribution >= 4 is 34.0 Å². The topological polar surface area (TPSA) is 37.8 Å². The number of benzene rings is 1. The summed E-state index contributed by atoms with van der Waals surface area (Å²) in [4.78, 5) is 10.4. The van der Waals surface area contributed by atoms with Gasteiger partial charge in [0.05, 0.1) is 33.3 Å². The summed E-state index contributed by atoms with van der Waals surface area (Å²) in [5, 5.41) is 3.53. The van der Waals surface area contributed by atoms with Crippen LogP contribution in [-0.2, 0) is 0 Å². The summed E-state index contributed by atoms with van der Waals surface area (Å²) >= 11 is 7.66. The van der Waals surface area contributed by atoms with Gasteiger partial charge in [-0.2, -0.15) is 0 Å². The van der Waals surface area contributed by atoms with E-state index in [1.165, 1.54) is 0 Å². The second-order valence-electron chi connectivity index (χ2n) is 4.81. The summed E-state index contributed by atoms with van der Waals surface area (Å²) in [6.07, 6.45) is 2.92. The lowest BCUT2D eigenvalue weighted by Gasteiger charge is -2.16. The lowest BCUT2D eigenvalue weighted by Crippen LogP contribution is -2.23. The molecule has 2 aromatic heterocycles. The fourth-order valence-corrected chi connectivity index (χ4v) is 3.38. The van der Waals surface area contributed by atoms with Crippen molar-refractivity contribution in [3.8, 4) is 0 Å². The van der Waals surface area contributed by atoms with E-state index in [1.54, 1.807) is 11.3 Å². The molecule has 1 atom stereocenters. The number of hydrogen-bond acceptors (Lipinski definition) is 4. The lowest BCUT2D eigenvalue weighted by molar-refractivity contribution is 0.593. The Morgan fingerprint density at radius 2 is 2.00 bits per heavy atom. The standard InChI is InChI=1S/C16H16ClN3S/c1-2-9-18-16(14-7-8-15(17)21-14)13-10-19-11-5-3-4-6-12(11)20-13/h3-8,10,16,18H,2,9H2,1H3. The van der Waals surface area contributed by atoms with E-state index < -0.39 is 0 Å². The molecule has 0 amide bonds. The summed E-state index contributed by atoms with van der Waals surface area (Å²) in [5.74, 6) is 0. The van der Waals surface area contributed by atoms with Crippen molar-refractivity contribution in [2.24, 2.45) is 0 Å². The fraction of sp³-hybridized carbons (Fsp3) is 0.250. The molecule has 108 valence electrons. The van der Waals surface area contributed by atoms with Gasteiger partial charge in [-0.15, -0.1) is 11.3 Å². The maximum atomic E-state index is 6.08. The first-order valence-corrected chi connectivity index (χ1v) is 8.17. The van der Waals surface area contributed by atoms with E-state index in [0.29, 0.717) is 0 Å². The van der Waals surface area contributed by atoms with Crippen LogP contribution in [0.15, 0.2) is 42.6 Å². The van der Waals surface area contributed by atoms with Crippen LogP contribution in [0.1, 0.15) is 30.0 Å². The average molecular weight is 318 g/mol. The molecule has 0 aliphatic rings. The number of halogens is 1. The molecule has 0 saturated carbocycles. The number of nitrogens with zero attached hydrogens (tertiary/aromatic N) is 2. The van der Waals surface area contributed by atoms with Gasteiger partial charge in [0, 0.05) is 4.88 Å². The average Bonchev–Trinajstić information content (AvgIpc) is 2.94.